The van der Waals surface area contributed by atoms with Gasteiger partial charge >= 0.3 is 0 Å². The highest BCUT2D eigenvalue weighted by Crippen LogP contribution is 2.21. The van der Waals surface area contributed by atoms with Crippen LogP contribution in [0.25, 0.3) is 0 Å². The molecule has 2 N–H and O–H groups in total. The van der Waals surface area contributed by atoms with Crippen molar-refractivity contribution in [1.29, 1.82) is 0 Å². The molecular weight excluding hydrogens is 254 g/mol. The van der Waals surface area contributed by atoms with Gasteiger partial charge in [-0.25, -0.2) is 0 Å². The first kappa shape index (κ1) is 12.9. The lowest BCUT2D eigenvalue weighted by molar-refractivity contribution is 0.101. The maximum Gasteiger partial charge on any atom is 0.273 e. The van der Waals surface area contributed by atoms with E-state index in [-0.39, 0.29) is 5.91 Å². The van der Waals surface area contributed by atoms with Crippen molar-refractivity contribution in [3.05, 3.63) is 36.3 Å². The average molecular weight is 273 g/mol. The molecule has 1 aliphatic heterocycles. The minimum atomic E-state index is -0.104. The van der Waals surface area contributed by atoms with Gasteiger partial charge < -0.3 is 15.2 Å². The van der Waals surface area contributed by atoms with E-state index in [2.05, 4.69) is 20.3 Å². The fraction of sp³-hybridized carbons (Fsp3) is 0.429. The minimum absolute atomic E-state index is 0.104. The molecule has 3 rings (SSSR count). The Morgan fingerprint density at radius 2 is 2.15 bits per heavy atom. The standard InChI is InChI=1S/C14H19N5O/c1-18-10-6-13(17-18)16-14(20)12-3-2-9-19(12)11-4-7-15-8-5-11/h2-3,6,9-11,15H,4-5,7-8H2,1H3,(H,16,17,20). The predicted octanol–water partition coefficient (Wildman–Crippen LogP) is 1.40. The number of hydrogen-bond acceptors (Lipinski definition) is 3. The van der Waals surface area contributed by atoms with E-state index >= 15 is 0 Å². The number of hydrogen-bond donors (Lipinski definition) is 2. The van der Waals surface area contributed by atoms with Gasteiger partial charge in [0, 0.05) is 31.5 Å². The van der Waals surface area contributed by atoms with E-state index in [0.717, 1.165) is 25.9 Å². The van der Waals surface area contributed by atoms with E-state index in [1.165, 1.54) is 0 Å². The zero-order chi connectivity index (χ0) is 13.9. The fourth-order valence-electron chi connectivity index (χ4n) is 2.65. The van der Waals surface area contributed by atoms with Crippen LogP contribution in [0.5, 0.6) is 0 Å². The molecule has 1 fully saturated rings. The number of carbonyl (C=O) groups is 1. The molecule has 1 aliphatic rings. The van der Waals surface area contributed by atoms with Gasteiger partial charge in [0.05, 0.1) is 0 Å². The molecule has 2 aromatic rings. The zero-order valence-electron chi connectivity index (χ0n) is 11.5. The lowest BCUT2D eigenvalue weighted by atomic mass is 10.1. The van der Waals surface area contributed by atoms with Gasteiger partial charge in [0.1, 0.15) is 5.69 Å². The van der Waals surface area contributed by atoms with E-state index in [1.807, 2.05) is 31.6 Å². The molecule has 20 heavy (non-hydrogen) atoms. The van der Waals surface area contributed by atoms with Crippen LogP contribution in [0.3, 0.4) is 0 Å². The number of aromatic nitrogens is 3. The van der Waals surface area contributed by atoms with Crippen molar-refractivity contribution < 1.29 is 4.79 Å². The lowest BCUT2D eigenvalue weighted by Crippen LogP contribution is -2.31. The molecule has 0 unspecified atom stereocenters. The summed E-state index contributed by atoms with van der Waals surface area (Å²) in [4.78, 5) is 12.4. The summed E-state index contributed by atoms with van der Waals surface area (Å²) in [6.07, 6.45) is 5.90. The molecule has 0 bridgehead atoms. The SMILES string of the molecule is Cn1ccc(NC(=O)c2cccn2C2CCNCC2)n1. The van der Waals surface area contributed by atoms with Gasteiger partial charge in [-0.2, -0.15) is 5.10 Å². The Balaban J connectivity index is 1.76. The second-order valence-electron chi connectivity index (χ2n) is 5.11. The summed E-state index contributed by atoms with van der Waals surface area (Å²) in [5, 5.41) is 10.3. The first-order chi connectivity index (χ1) is 9.74. The van der Waals surface area contributed by atoms with Crippen LogP contribution in [-0.4, -0.2) is 33.3 Å². The molecule has 0 spiro atoms. The van der Waals surface area contributed by atoms with Gasteiger partial charge in [-0.15, -0.1) is 0 Å². The molecule has 1 amide bonds. The van der Waals surface area contributed by atoms with Gasteiger partial charge in [-0.1, -0.05) is 0 Å². The van der Waals surface area contributed by atoms with Crippen LogP contribution in [0, 0.1) is 0 Å². The van der Waals surface area contributed by atoms with Crippen LogP contribution >= 0.6 is 0 Å². The Morgan fingerprint density at radius 3 is 2.85 bits per heavy atom. The van der Waals surface area contributed by atoms with Gasteiger partial charge in [0.2, 0.25) is 0 Å². The smallest absolute Gasteiger partial charge is 0.273 e. The maximum absolute atomic E-state index is 12.4. The number of aryl methyl sites for hydroxylation is 1. The summed E-state index contributed by atoms with van der Waals surface area (Å²) >= 11 is 0. The number of amides is 1. The van der Waals surface area contributed by atoms with E-state index in [0.29, 0.717) is 17.6 Å². The van der Waals surface area contributed by atoms with Crippen molar-refractivity contribution >= 4 is 11.7 Å². The Kier molecular flexibility index (Phi) is 3.56. The van der Waals surface area contributed by atoms with Crippen LogP contribution in [0.2, 0.25) is 0 Å². The van der Waals surface area contributed by atoms with E-state index in [4.69, 9.17) is 0 Å². The number of rotatable bonds is 3. The van der Waals surface area contributed by atoms with Crippen LogP contribution < -0.4 is 10.6 Å². The Hall–Kier alpha value is -2.08. The zero-order valence-corrected chi connectivity index (χ0v) is 11.5. The van der Waals surface area contributed by atoms with Crippen molar-refractivity contribution in [1.82, 2.24) is 19.7 Å². The summed E-state index contributed by atoms with van der Waals surface area (Å²) in [5.74, 6) is 0.475. The van der Waals surface area contributed by atoms with Gasteiger partial charge in [-0.05, 0) is 38.1 Å². The highest BCUT2D eigenvalue weighted by atomic mass is 16.2. The number of carbonyl (C=O) groups excluding carboxylic acids is 1. The molecule has 0 aliphatic carbocycles. The average Bonchev–Trinajstić information content (AvgIpc) is 3.09. The van der Waals surface area contributed by atoms with E-state index < -0.39 is 0 Å². The van der Waals surface area contributed by atoms with Crippen molar-refractivity contribution in [2.75, 3.05) is 18.4 Å². The molecular formula is C14H19N5O. The topological polar surface area (TPSA) is 63.9 Å². The normalized spacial score (nSPS) is 16.2. The maximum atomic E-state index is 12.4. The molecule has 0 radical (unpaired) electrons. The summed E-state index contributed by atoms with van der Waals surface area (Å²) in [6, 6.07) is 5.97. The largest absolute Gasteiger partial charge is 0.340 e. The van der Waals surface area contributed by atoms with Crippen molar-refractivity contribution in [2.45, 2.75) is 18.9 Å². The monoisotopic (exact) mass is 273 g/mol. The molecule has 0 aromatic carbocycles. The summed E-state index contributed by atoms with van der Waals surface area (Å²) in [7, 11) is 1.83. The third kappa shape index (κ3) is 2.60. The van der Waals surface area contributed by atoms with Crippen molar-refractivity contribution in [3.63, 3.8) is 0 Å². The third-order valence-electron chi connectivity index (χ3n) is 3.67. The van der Waals surface area contributed by atoms with Crippen LogP contribution in [0.4, 0.5) is 5.82 Å². The quantitative estimate of drug-likeness (QED) is 0.888. The number of piperidine rings is 1. The highest BCUT2D eigenvalue weighted by molar-refractivity contribution is 6.02. The third-order valence-corrected chi connectivity index (χ3v) is 3.67. The Morgan fingerprint density at radius 1 is 1.35 bits per heavy atom. The van der Waals surface area contributed by atoms with Crippen LogP contribution in [0.15, 0.2) is 30.6 Å². The molecule has 2 aromatic heterocycles. The lowest BCUT2D eigenvalue weighted by Gasteiger charge is -2.25. The molecule has 6 nitrogen and oxygen atoms in total. The van der Waals surface area contributed by atoms with Crippen molar-refractivity contribution in [3.8, 4) is 0 Å². The molecule has 0 atom stereocenters. The van der Waals surface area contributed by atoms with Crippen molar-refractivity contribution in [2.24, 2.45) is 7.05 Å². The molecule has 6 heteroatoms. The van der Waals surface area contributed by atoms with E-state index in [1.54, 1.807) is 10.7 Å². The molecule has 106 valence electrons. The number of anilines is 1. The van der Waals surface area contributed by atoms with Gasteiger partial charge in [-0.3, -0.25) is 9.48 Å². The van der Waals surface area contributed by atoms with Crippen LogP contribution in [0.1, 0.15) is 29.4 Å². The predicted molar refractivity (Wildman–Crippen MR) is 76.7 cm³/mol. The fourth-order valence-corrected chi connectivity index (χ4v) is 2.65. The second kappa shape index (κ2) is 5.50. The number of nitrogens with one attached hydrogen (secondary N) is 2. The highest BCUT2D eigenvalue weighted by Gasteiger charge is 2.20. The second-order valence-corrected chi connectivity index (χ2v) is 5.11. The molecule has 0 saturated carbocycles. The summed E-state index contributed by atoms with van der Waals surface area (Å²) in [6.45, 7) is 2.01. The molecule has 3 heterocycles. The van der Waals surface area contributed by atoms with Gasteiger partial charge in [0.25, 0.3) is 5.91 Å². The Labute approximate surface area is 117 Å². The summed E-state index contributed by atoms with van der Waals surface area (Å²) < 4.78 is 3.75. The van der Waals surface area contributed by atoms with Crippen LogP contribution in [-0.2, 0) is 7.05 Å². The van der Waals surface area contributed by atoms with E-state index in [9.17, 15) is 4.79 Å². The summed E-state index contributed by atoms with van der Waals surface area (Å²) in [5.41, 5.74) is 0.697. The first-order valence-corrected chi connectivity index (χ1v) is 6.92. The number of nitrogens with zero attached hydrogens (tertiary/aromatic N) is 3. The Bertz CT molecular complexity index is 594. The van der Waals surface area contributed by atoms with Gasteiger partial charge in [0.15, 0.2) is 5.82 Å². The molecule has 1 saturated heterocycles. The first-order valence-electron chi connectivity index (χ1n) is 6.92. The minimum Gasteiger partial charge on any atom is -0.340 e.